The van der Waals surface area contributed by atoms with E-state index < -0.39 is 10.8 Å². The van der Waals surface area contributed by atoms with Crippen molar-refractivity contribution in [1.29, 1.82) is 0 Å². The first kappa shape index (κ1) is 41.8. The highest BCUT2D eigenvalue weighted by atomic mass is 16.5. The van der Waals surface area contributed by atoms with E-state index in [1.165, 1.54) is 61.0 Å². The third-order valence-corrected chi connectivity index (χ3v) is 16.5. The van der Waals surface area contributed by atoms with Crippen molar-refractivity contribution >= 4 is 27.8 Å². The van der Waals surface area contributed by atoms with Gasteiger partial charge in [0, 0.05) is 51.7 Å². The number of hydrogen-bond donors (Lipinski definition) is 0. The summed E-state index contributed by atoms with van der Waals surface area (Å²) < 4.78 is 14.1. The molecule has 4 aliphatic rings. The molecule has 4 nitrogen and oxygen atoms in total. The maximum atomic E-state index is 7.13. The lowest BCUT2D eigenvalue weighted by molar-refractivity contribution is 0.436. The van der Waals surface area contributed by atoms with Crippen molar-refractivity contribution in [3.05, 3.63) is 312 Å². The monoisotopic (exact) mass is 956 g/mol. The Bertz CT molecular complexity index is 4240. The van der Waals surface area contributed by atoms with E-state index in [9.17, 15) is 0 Å². The number of benzene rings is 11. The second kappa shape index (κ2) is 15.9. The zero-order chi connectivity index (χ0) is 49.2. The van der Waals surface area contributed by atoms with Crippen molar-refractivity contribution in [2.45, 2.75) is 10.8 Å². The van der Waals surface area contributed by atoms with Gasteiger partial charge in [-0.1, -0.05) is 170 Å². The summed E-state index contributed by atoms with van der Waals surface area (Å²) in [5, 5.41) is 2.32. The summed E-state index contributed by atoms with van der Waals surface area (Å²) >= 11 is 0. The van der Waals surface area contributed by atoms with Gasteiger partial charge < -0.3 is 14.4 Å². The largest absolute Gasteiger partial charge is 0.457 e. The van der Waals surface area contributed by atoms with Crippen molar-refractivity contribution < 1.29 is 9.47 Å². The van der Waals surface area contributed by atoms with Gasteiger partial charge >= 0.3 is 0 Å². The van der Waals surface area contributed by atoms with Gasteiger partial charge in [0.2, 0.25) is 0 Å². The average molecular weight is 957 g/mol. The average Bonchev–Trinajstić information content (AvgIpc) is 4.11. The normalized spacial score (nSPS) is 14.0. The fourth-order valence-electron chi connectivity index (χ4n) is 13.4. The van der Waals surface area contributed by atoms with E-state index in [-0.39, 0.29) is 0 Å². The van der Waals surface area contributed by atoms with Crippen LogP contribution >= 0.6 is 0 Å². The van der Waals surface area contributed by atoms with Gasteiger partial charge in [-0.15, -0.1) is 0 Å². The number of nitrogens with zero attached hydrogens (tertiary/aromatic N) is 2. The summed E-state index contributed by atoms with van der Waals surface area (Å²) in [7, 11) is 0. The molecule has 2 aliphatic carbocycles. The molecule has 0 bridgehead atoms. The first-order chi connectivity index (χ1) is 37.2. The van der Waals surface area contributed by atoms with Crippen molar-refractivity contribution in [3.63, 3.8) is 0 Å². The van der Waals surface area contributed by atoms with E-state index in [1.807, 2.05) is 12.4 Å². The summed E-state index contributed by atoms with van der Waals surface area (Å²) in [6, 6.07) is 93.2. The quantitative estimate of drug-likeness (QED) is 0.172. The van der Waals surface area contributed by atoms with Gasteiger partial charge in [-0.2, -0.15) is 0 Å². The SMILES string of the molecule is c1ccc(-c2ccc3cc(N(c4ccc5c(c4)C4(c6ccccc6O5)c5ccccc5-c5ccccc54)c4ccc5c(c4)C4(c6cc(-c7ccncc7)ccc6O5)c5ccccc5-c5ccccc54)ccc3c2)cc1. The number of hydrogen-bond acceptors (Lipinski definition) is 4. The topological polar surface area (TPSA) is 34.6 Å². The van der Waals surface area contributed by atoms with Gasteiger partial charge in [0.15, 0.2) is 0 Å². The highest BCUT2D eigenvalue weighted by Crippen LogP contribution is 2.65. The summed E-state index contributed by atoms with van der Waals surface area (Å²) in [6.07, 6.45) is 3.73. The lowest BCUT2D eigenvalue weighted by atomic mass is 9.65. The fourth-order valence-corrected chi connectivity index (χ4v) is 13.4. The van der Waals surface area contributed by atoms with E-state index in [0.29, 0.717) is 0 Å². The molecule has 0 fully saturated rings. The number of rotatable bonds is 5. The minimum absolute atomic E-state index is 0.641. The van der Waals surface area contributed by atoms with Gasteiger partial charge in [-0.3, -0.25) is 4.98 Å². The van der Waals surface area contributed by atoms with E-state index in [4.69, 9.17) is 9.47 Å². The van der Waals surface area contributed by atoms with Crippen LogP contribution < -0.4 is 14.4 Å². The van der Waals surface area contributed by atoms with Gasteiger partial charge in [0.05, 0.1) is 10.8 Å². The lowest BCUT2D eigenvalue weighted by Crippen LogP contribution is -2.33. The summed E-state index contributed by atoms with van der Waals surface area (Å²) in [4.78, 5) is 6.81. The van der Waals surface area contributed by atoms with Crippen molar-refractivity contribution in [3.8, 4) is 67.5 Å². The number of pyridine rings is 1. The minimum atomic E-state index is -0.715. The third-order valence-electron chi connectivity index (χ3n) is 16.5. The van der Waals surface area contributed by atoms with E-state index >= 15 is 0 Å². The van der Waals surface area contributed by atoms with Crippen molar-refractivity contribution in [2.24, 2.45) is 0 Å². The second-order valence-electron chi connectivity index (χ2n) is 20.1. The molecule has 2 aliphatic heterocycles. The highest BCUT2D eigenvalue weighted by molar-refractivity contribution is 5.95. The van der Waals surface area contributed by atoms with E-state index in [2.05, 4.69) is 265 Å². The molecular weight excluding hydrogens is 913 g/mol. The van der Waals surface area contributed by atoms with Crippen LogP contribution in [0.1, 0.15) is 44.5 Å². The Morgan fingerprint density at radius 3 is 1.24 bits per heavy atom. The Morgan fingerprint density at radius 1 is 0.267 bits per heavy atom. The Labute approximate surface area is 435 Å². The number of anilines is 3. The standard InChI is InChI=1S/C71H44N2O2/c1-2-14-45(15-3-1)47-26-27-49-41-51(30-28-48(49)40-47)73(52-31-34-68-64(43-52)70(62-24-12-13-25-66(62)74-68)58-20-8-4-16-54(58)55-17-5-9-21-59(55)70)53-32-35-69-65(44-53)71(60-22-10-6-18-56(60)57-19-7-11-23-61(57)71)63-42-50(29-33-67(63)75-69)46-36-38-72-39-37-46/h1-44H. The fraction of sp³-hybridized carbons (Fsp3) is 0.0282. The molecule has 1 aromatic heterocycles. The summed E-state index contributed by atoms with van der Waals surface area (Å²) in [5.74, 6) is 3.39. The van der Waals surface area contributed by atoms with Crippen LogP contribution in [0.25, 0.3) is 55.3 Å². The van der Waals surface area contributed by atoms with Crippen LogP contribution in [0, 0.1) is 0 Å². The summed E-state index contributed by atoms with van der Waals surface area (Å²) in [6.45, 7) is 0. The second-order valence-corrected chi connectivity index (χ2v) is 20.1. The number of ether oxygens (including phenoxy) is 2. The zero-order valence-corrected chi connectivity index (χ0v) is 40.6. The van der Waals surface area contributed by atoms with Crippen LogP contribution in [0.4, 0.5) is 17.1 Å². The Hall–Kier alpha value is -9.77. The molecule has 16 rings (SSSR count). The molecule has 0 radical (unpaired) electrons. The molecule has 12 aromatic rings. The Morgan fingerprint density at radius 2 is 0.653 bits per heavy atom. The predicted octanol–water partition coefficient (Wildman–Crippen LogP) is 18.0. The van der Waals surface area contributed by atoms with Crippen LogP contribution in [-0.2, 0) is 10.8 Å². The first-order valence-corrected chi connectivity index (χ1v) is 25.7. The molecule has 0 saturated carbocycles. The van der Waals surface area contributed by atoms with E-state index in [1.54, 1.807) is 0 Å². The van der Waals surface area contributed by atoms with Crippen LogP contribution in [-0.4, -0.2) is 4.98 Å². The van der Waals surface area contributed by atoms with Crippen LogP contribution in [0.15, 0.2) is 267 Å². The van der Waals surface area contributed by atoms with Gasteiger partial charge in [0.25, 0.3) is 0 Å². The van der Waals surface area contributed by atoms with Gasteiger partial charge in [-0.25, -0.2) is 0 Å². The third kappa shape index (κ3) is 5.85. The van der Waals surface area contributed by atoms with Crippen molar-refractivity contribution in [2.75, 3.05) is 4.90 Å². The molecule has 0 atom stereocenters. The maximum Gasteiger partial charge on any atom is 0.132 e. The predicted molar refractivity (Wildman–Crippen MR) is 302 cm³/mol. The summed E-state index contributed by atoms with van der Waals surface area (Å²) in [5.41, 5.74) is 20.6. The van der Waals surface area contributed by atoms with Gasteiger partial charge in [-0.05, 0) is 162 Å². The van der Waals surface area contributed by atoms with Crippen molar-refractivity contribution in [1.82, 2.24) is 4.98 Å². The smallest absolute Gasteiger partial charge is 0.132 e. The molecule has 11 aromatic carbocycles. The molecule has 0 saturated heterocycles. The molecule has 0 unspecified atom stereocenters. The highest BCUT2D eigenvalue weighted by Gasteiger charge is 2.53. The number of aromatic nitrogens is 1. The molecule has 0 N–H and O–H groups in total. The van der Waals surface area contributed by atoms with Crippen LogP contribution in [0.3, 0.4) is 0 Å². The van der Waals surface area contributed by atoms with Crippen LogP contribution in [0.5, 0.6) is 23.0 Å². The molecule has 2 spiro atoms. The van der Waals surface area contributed by atoms with E-state index in [0.717, 1.165) is 78.8 Å². The molecule has 0 amide bonds. The lowest BCUT2D eigenvalue weighted by Gasteiger charge is -2.41. The Kier molecular flexibility index (Phi) is 8.84. The number of para-hydroxylation sites is 1. The first-order valence-electron chi connectivity index (χ1n) is 25.7. The maximum absolute atomic E-state index is 7.13. The molecule has 350 valence electrons. The van der Waals surface area contributed by atoms with Gasteiger partial charge in [0.1, 0.15) is 23.0 Å². The zero-order valence-electron chi connectivity index (χ0n) is 40.6. The molecule has 4 heteroatoms. The minimum Gasteiger partial charge on any atom is -0.457 e. The Balaban J connectivity index is 0.961. The number of fused-ring (bicyclic) bond motifs is 19. The molecular formula is C71H44N2O2. The molecule has 75 heavy (non-hydrogen) atoms. The molecule has 3 heterocycles. The van der Waals surface area contributed by atoms with Crippen LogP contribution in [0.2, 0.25) is 0 Å².